The molecule has 72 valence electrons. The maximum atomic E-state index is 10.4. The van der Waals surface area contributed by atoms with Crippen LogP contribution in [0, 0.1) is 0 Å². The smallest absolute Gasteiger partial charge is 0.332 e. The summed E-state index contributed by atoms with van der Waals surface area (Å²) in [6, 6.07) is 0. The van der Waals surface area contributed by atoms with Crippen LogP contribution in [0.1, 0.15) is 6.42 Å². The number of aliphatic carboxylic acids is 1. The number of carboxylic acids is 1. The first-order valence-corrected chi connectivity index (χ1v) is 5.07. The quantitative estimate of drug-likeness (QED) is 0.491. The lowest BCUT2D eigenvalue weighted by molar-refractivity contribution is -0.146. The first-order chi connectivity index (χ1) is 5.33. The molecule has 0 amide bonds. The highest BCUT2D eigenvalue weighted by Crippen LogP contribution is 1.89. The van der Waals surface area contributed by atoms with Gasteiger partial charge in [0.2, 0.25) is 10.0 Å². The first kappa shape index (κ1) is 11.3. The second-order valence-corrected chi connectivity index (χ2v) is 4.14. The van der Waals surface area contributed by atoms with Gasteiger partial charge >= 0.3 is 5.97 Å². The number of nitrogens with one attached hydrogen (secondary N) is 1. The summed E-state index contributed by atoms with van der Waals surface area (Å²) < 4.78 is 22.9. The molecule has 0 aromatic carbocycles. The van der Waals surface area contributed by atoms with Gasteiger partial charge in [0.1, 0.15) is 0 Å². The molecule has 0 aromatic rings. The molecule has 1 atom stereocenters. The van der Waals surface area contributed by atoms with Crippen molar-refractivity contribution in [2.24, 2.45) is 0 Å². The molecule has 0 fully saturated rings. The maximum Gasteiger partial charge on any atom is 0.332 e. The molecular weight excluding hydrogens is 186 g/mol. The van der Waals surface area contributed by atoms with Crippen LogP contribution in [0.3, 0.4) is 0 Å². The van der Waals surface area contributed by atoms with Gasteiger partial charge in [-0.1, -0.05) is 0 Å². The van der Waals surface area contributed by atoms with Crippen LogP contribution in [0.25, 0.3) is 0 Å². The van der Waals surface area contributed by atoms with Gasteiger partial charge in [0.15, 0.2) is 6.10 Å². The minimum atomic E-state index is -3.30. The van der Waals surface area contributed by atoms with Crippen LogP contribution >= 0.6 is 0 Å². The van der Waals surface area contributed by atoms with E-state index in [0.717, 1.165) is 6.26 Å². The summed E-state index contributed by atoms with van der Waals surface area (Å²) in [5, 5.41) is 16.9. The Morgan fingerprint density at radius 3 is 2.42 bits per heavy atom. The van der Waals surface area contributed by atoms with Crippen molar-refractivity contribution in [2.75, 3.05) is 12.8 Å². The van der Waals surface area contributed by atoms with Crippen molar-refractivity contribution in [1.29, 1.82) is 0 Å². The molecule has 0 spiro atoms. The van der Waals surface area contributed by atoms with E-state index in [0.29, 0.717) is 0 Å². The number of aliphatic hydroxyl groups is 1. The second-order valence-electron chi connectivity index (χ2n) is 2.31. The van der Waals surface area contributed by atoms with Gasteiger partial charge in [-0.15, -0.1) is 0 Å². The van der Waals surface area contributed by atoms with Gasteiger partial charge in [0.25, 0.3) is 0 Å². The minimum absolute atomic E-state index is 0.0771. The Morgan fingerprint density at radius 2 is 2.08 bits per heavy atom. The van der Waals surface area contributed by atoms with Gasteiger partial charge in [0, 0.05) is 6.54 Å². The summed E-state index contributed by atoms with van der Waals surface area (Å²) in [6.07, 6.45) is -0.693. The van der Waals surface area contributed by atoms with Crippen molar-refractivity contribution in [1.82, 2.24) is 4.72 Å². The van der Waals surface area contributed by atoms with Crippen molar-refractivity contribution < 1.29 is 23.4 Å². The van der Waals surface area contributed by atoms with Gasteiger partial charge in [0.05, 0.1) is 6.26 Å². The fourth-order valence-corrected chi connectivity index (χ4v) is 0.993. The fourth-order valence-electron chi connectivity index (χ4n) is 0.505. The van der Waals surface area contributed by atoms with E-state index < -0.39 is 22.1 Å². The number of hydrogen-bond donors (Lipinski definition) is 3. The molecule has 12 heavy (non-hydrogen) atoms. The predicted octanol–water partition coefficient (Wildman–Crippen LogP) is -1.63. The summed E-state index contributed by atoms with van der Waals surface area (Å²) in [7, 11) is -3.30. The van der Waals surface area contributed by atoms with E-state index in [4.69, 9.17) is 10.2 Å². The van der Waals surface area contributed by atoms with E-state index in [2.05, 4.69) is 4.72 Å². The number of hydrogen-bond acceptors (Lipinski definition) is 4. The molecule has 0 aromatic heterocycles. The molecule has 3 N–H and O–H groups in total. The zero-order valence-electron chi connectivity index (χ0n) is 6.52. The zero-order chi connectivity index (χ0) is 9.78. The van der Waals surface area contributed by atoms with Crippen molar-refractivity contribution in [3.63, 3.8) is 0 Å². The average Bonchev–Trinajstić information content (AvgIpc) is 1.84. The molecule has 0 heterocycles. The fraction of sp³-hybridized carbons (Fsp3) is 0.800. The highest BCUT2D eigenvalue weighted by Gasteiger charge is 2.12. The molecule has 0 bridgehead atoms. The Balaban J connectivity index is 3.65. The van der Waals surface area contributed by atoms with Gasteiger partial charge in [-0.3, -0.25) is 0 Å². The topological polar surface area (TPSA) is 104 Å². The van der Waals surface area contributed by atoms with Crippen molar-refractivity contribution in [2.45, 2.75) is 12.5 Å². The third-order valence-electron chi connectivity index (χ3n) is 1.07. The van der Waals surface area contributed by atoms with Crippen LogP contribution in [0.4, 0.5) is 0 Å². The Hall–Kier alpha value is -0.660. The maximum absolute atomic E-state index is 10.4. The van der Waals surface area contributed by atoms with Crippen LogP contribution < -0.4 is 4.72 Å². The Morgan fingerprint density at radius 1 is 1.58 bits per heavy atom. The van der Waals surface area contributed by atoms with Gasteiger partial charge in [-0.05, 0) is 6.42 Å². The minimum Gasteiger partial charge on any atom is -0.479 e. The monoisotopic (exact) mass is 197 g/mol. The van der Waals surface area contributed by atoms with E-state index in [-0.39, 0.29) is 13.0 Å². The van der Waals surface area contributed by atoms with Crippen LogP contribution in [-0.4, -0.2) is 43.5 Å². The van der Waals surface area contributed by atoms with Crippen molar-refractivity contribution in [3.8, 4) is 0 Å². The molecular formula is C5H11NO5S. The number of carboxylic acid groups (broad SMARTS) is 1. The summed E-state index contributed by atoms with van der Waals surface area (Å²) in [5.74, 6) is -1.36. The normalized spacial score (nSPS) is 14.2. The lowest BCUT2D eigenvalue weighted by Crippen LogP contribution is -2.29. The third-order valence-corrected chi connectivity index (χ3v) is 1.80. The summed E-state index contributed by atoms with van der Waals surface area (Å²) in [6.45, 7) is -0.0771. The molecule has 6 nitrogen and oxygen atoms in total. The van der Waals surface area contributed by atoms with Crippen molar-refractivity contribution >= 4 is 16.0 Å². The lowest BCUT2D eigenvalue weighted by atomic mass is 10.3. The molecule has 0 aliphatic heterocycles. The Kier molecular flexibility index (Phi) is 4.15. The van der Waals surface area contributed by atoms with E-state index in [9.17, 15) is 13.2 Å². The number of sulfonamides is 1. The van der Waals surface area contributed by atoms with E-state index in [1.54, 1.807) is 0 Å². The van der Waals surface area contributed by atoms with Gasteiger partial charge in [-0.25, -0.2) is 17.9 Å². The highest BCUT2D eigenvalue weighted by atomic mass is 32.2. The molecule has 0 aliphatic rings. The Bertz CT molecular complexity index is 247. The predicted molar refractivity (Wildman–Crippen MR) is 41.1 cm³/mol. The molecule has 0 saturated carbocycles. The lowest BCUT2D eigenvalue weighted by Gasteiger charge is -2.04. The largest absolute Gasteiger partial charge is 0.479 e. The van der Waals surface area contributed by atoms with Crippen LogP contribution in [-0.2, 0) is 14.8 Å². The van der Waals surface area contributed by atoms with Gasteiger partial charge < -0.3 is 10.2 Å². The molecule has 1 unspecified atom stereocenters. The van der Waals surface area contributed by atoms with Crippen LogP contribution in [0.5, 0.6) is 0 Å². The summed E-state index contributed by atoms with van der Waals surface area (Å²) in [5.41, 5.74) is 0. The van der Waals surface area contributed by atoms with E-state index >= 15 is 0 Å². The molecule has 7 heteroatoms. The van der Waals surface area contributed by atoms with E-state index in [1.807, 2.05) is 0 Å². The zero-order valence-corrected chi connectivity index (χ0v) is 7.34. The standard InChI is InChI=1S/C5H11NO5S/c1-12(10,11)6-3-2-4(7)5(8)9/h4,6-7H,2-3H2,1H3,(H,8,9). The summed E-state index contributed by atoms with van der Waals surface area (Å²) in [4.78, 5) is 10.0. The molecule has 0 saturated heterocycles. The number of carbonyl (C=O) groups is 1. The van der Waals surface area contributed by atoms with E-state index in [1.165, 1.54) is 0 Å². The SMILES string of the molecule is CS(=O)(=O)NCCC(O)C(=O)O. The Labute approximate surface area is 70.3 Å². The van der Waals surface area contributed by atoms with Crippen LogP contribution in [0.2, 0.25) is 0 Å². The van der Waals surface area contributed by atoms with Crippen LogP contribution in [0.15, 0.2) is 0 Å². The van der Waals surface area contributed by atoms with Gasteiger partial charge in [-0.2, -0.15) is 0 Å². The molecule has 0 radical (unpaired) electrons. The average molecular weight is 197 g/mol. The third kappa shape index (κ3) is 6.08. The molecule has 0 rings (SSSR count). The highest BCUT2D eigenvalue weighted by molar-refractivity contribution is 7.88. The second kappa shape index (κ2) is 4.39. The first-order valence-electron chi connectivity index (χ1n) is 3.18. The summed E-state index contributed by atoms with van der Waals surface area (Å²) >= 11 is 0. The van der Waals surface area contributed by atoms with Crippen molar-refractivity contribution in [3.05, 3.63) is 0 Å². The molecule has 0 aliphatic carbocycles. The number of aliphatic hydroxyl groups excluding tert-OH is 1. The number of rotatable bonds is 5.